The molecule has 2 amide bonds. The zero-order valence-corrected chi connectivity index (χ0v) is 12.0. The van der Waals surface area contributed by atoms with Crippen LogP contribution in [0.15, 0.2) is 24.3 Å². The van der Waals surface area contributed by atoms with Gasteiger partial charge in [0, 0.05) is 24.3 Å². The van der Waals surface area contributed by atoms with Crippen molar-refractivity contribution in [3.8, 4) is 11.4 Å². The first-order valence-electron chi connectivity index (χ1n) is 6.73. The van der Waals surface area contributed by atoms with Gasteiger partial charge in [-0.3, -0.25) is 4.79 Å². The van der Waals surface area contributed by atoms with Gasteiger partial charge in [-0.1, -0.05) is 12.1 Å². The molecule has 1 heterocycles. The van der Waals surface area contributed by atoms with Gasteiger partial charge in [0.1, 0.15) is 0 Å². The maximum absolute atomic E-state index is 11.7. The summed E-state index contributed by atoms with van der Waals surface area (Å²) in [5, 5.41) is 25.1. The van der Waals surface area contributed by atoms with Gasteiger partial charge in [-0.15, -0.1) is 5.10 Å². The van der Waals surface area contributed by atoms with Gasteiger partial charge in [0.25, 0.3) is 0 Å². The lowest BCUT2D eigenvalue weighted by molar-refractivity contribution is -0.136. The minimum Gasteiger partial charge on any atom is -0.481 e. The van der Waals surface area contributed by atoms with Crippen LogP contribution < -0.4 is 10.6 Å². The van der Waals surface area contributed by atoms with Crippen molar-refractivity contribution in [3.63, 3.8) is 0 Å². The molecule has 0 atom stereocenters. The van der Waals surface area contributed by atoms with E-state index in [0.717, 1.165) is 5.56 Å². The Morgan fingerprint density at radius 2 is 2.18 bits per heavy atom. The average molecular weight is 304 g/mol. The molecule has 0 saturated heterocycles. The first kappa shape index (κ1) is 15.4. The maximum atomic E-state index is 11.7. The van der Waals surface area contributed by atoms with E-state index in [-0.39, 0.29) is 13.0 Å². The molecule has 0 radical (unpaired) electrons. The highest BCUT2D eigenvalue weighted by Gasteiger charge is 2.09. The Morgan fingerprint density at radius 3 is 2.91 bits per heavy atom. The highest BCUT2D eigenvalue weighted by Crippen LogP contribution is 2.19. The molecular formula is C13H16N6O3. The quantitative estimate of drug-likeness (QED) is 0.730. The van der Waals surface area contributed by atoms with Gasteiger partial charge in [0.15, 0.2) is 5.82 Å². The molecule has 9 heteroatoms. The predicted molar refractivity (Wildman–Crippen MR) is 78.2 cm³/mol. The minimum atomic E-state index is -0.964. The normalized spacial score (nSPS) is 10.2. The fourth-order valence-corrected chi connectivity index (χ4v) is 1.82. The van der Waals surface area contributed by atoms with Crippen molar-refractivity contribution in [2.45, 2.75) is 19.9 Å². The molecule has 0 spiro atoms. The van der Waals surface area contributed by atoms with E-state index in [1.165, 1.54) is 0 Å². The second-order valence-electron chi connectivity index (χ2n) is 4.42. The predicted octanol–water partition coefficient (Wildman–Crippen LogP) is 0.956. The highest BCUT2D eigenvalue weighted by atomic mass is 16.4. The van der Waals surface area contributed by atoms with Crippen molar-refractivity contribution in [2.24, 2.45) is 0 Å². The number of aryl methyl sites for hydroxylation is 1. The number of rotatable bonds is 6. The van der Waals surface area contributed by atoms with Crippen LogP contribution in [0.5, 0.6) is 0 Å². The van der Waals surface area contributed by atoms with E-state index in [4.69, 9.17) is 5.11 Å². The van der Waals surface area contributed by atoms with Crippen LogP contribution in [-0.4, -0.2) is 43.9 Å². The topological polar surface area (TPSA) is 122 Å². The summed E-state index contributed by atoms with van der Waals surface area (Å²) in [5.74, 6) is -0.355. The molecule has 22 heavy (non-hydrogen) atoms. The largest absolute Gasteiger partial charge is 0.481 e. The standard InChI is InChI=1S/C13H16N6O3/c1-2-19-12(16-17-18-19)9-4-3-5-10(8-9)15-13(22)14-7-6-11(20)21/h3-5,8H,2,6-7H2,1H3,(H,20,21)(H2,14,15,22). The van der Waals surface area contributed by atoms with Crippen LogP contribution in [0.25, 0.3) is 11.4 Å². The van der Waals surface area contributed by atoms with Gasteiger partial charge >= 0.3 is 12.0 Å². The van der Waals surface area contributed by atoms with E-state index in [9.17, 15) is 9.59 Å². The van der Waals surface area contributed by atoms with Crippen LogP contribution in [0, 0.1) is 0 Å². The number of nitrogens with zero attached hydrogens (tertiary/aromatic N) is 4. The summed E-state index contributed by atoms with van der Waals surface area (Å²) < 4.78 is 1.64. The summed E-state index contributed by atoms with van der Waals surface area (Å²) in [5.41, 5.74) is 1.34. The molecule has 0 saturated carbocycles. The lowest BCUT2D eigenvalue weighted by atomic mass is 10.2. The second kappa shape index (κ2) is 7.16. The van der Waals surface area contributed by atoms with Crippen molar-refractivity contribution >= 4 is 17.7 Å². The number of carboxylic acids is 1. The van der Waals surface area contributed by atoms with Crippen LogP contribution >= 0.6 is 0 Å². The molecule has 2 aromatic rings. The Hall–Kier alpha value is -2.97. The number of tetrazole rings is 1. The van der Waals surface area contributed by atoms with Crippen LogP contribution in [0.1, 0.15) is 13.3 Å². The Kier molecular flexibility index (Phi) is 5.02. The SMILES string of the molecule is CCn1nnnc1-c1cccc(NC(=O)NCCC(=O)O)c1. The third-order valence-electron chi connectivity index (χ3n) is 2.83. The Labute approximate surface area is 126 Å². The summed E-state index contributed by atoms with van der Waals surface area (Å²) in [7, 11) is 0. The van der Waals surface area contributed by atoms with E-state index in [2.05, 4.69) is 26.2 Å². The van der Waals surface area contributed by atoms with Crippen molar-refractivity contribution in [1.82, 2.24) is 25.5 Å². The smallest absolute Gasteiger partial charge is 0.319 e. The van der Waals surface area contributed by atoms with Crippen molar-refractivity contribution in [2.75, 3.05) is 11.9 Å². The van der Waals surface area contributed by atoms with E-state index < -0.39 is 12.0 Å². The first-order valence-corrected chi connectivity index (χ1v) is 6.73. The number of carboxylic acid groups (broad SMARTS) is 1. The zero-order chi connectivity index (χ0) is 15.9. The lowest BCUT2D eigenvalue weighted by Crippen LogP contribution is -2.30. The number of nitrogens with one attached hydrogen (secondary N) is 2. The molecule has 0 fully saturated rings. The van der Waals surface area contributed by atoms with Gasteiger partial charge in [0.2, 0.25) is 0 Å². The number of aliphatic carboxylic acids is 1. The number of anilines is 1. The van der Waals surface area contributed by atoms with E-state index in [0.29, 0.717) is 18.1 Å². The molecule has 0 unspecified atom stereocenters. The lowest BCUT2D eigenvalue weighted by Gasteiger charge is -2.08. The van der Waals surface area contributed by atoms with Gasteiger partial charge in [0.05, 0.1) is 6.42 Å². The molecule has 3 N–H and O–H groups in total. The average Bonchev–Trinajstić information content (AvgIpc) is 2.95. The number of aromatic nitrogens is 4. The number of amides is 2. The summed E-state index contributed by atoms with van der Waals surface area (Å²) in [6.07, 6.45) is -0.126. The fraction of sp³-hybridized carbons (Fsp3) is 0.308. The number of urea groups is 1. The summed E-state index contributed by atoms with van der Waals surface area (Å²) in [6.45, 7) is 2.63. The van der Waals surface area contributed by atoms with Gasteiger partial charge in [-0.2, -0.15) is 0 Å². The van der Waals surface area contributed by atoms with Crippen molar-refractivity contribution in [3.05, 3.63) is 24.3 Å². The molecule has 1 aromatic heterocycles. The zero-order valence-electron chi connectivity index (χ0n) is 12.0. The van der Waals surface area contributed by atoms with Crippen LogP contribution in [0.2, 0.25) is 0 Å². The minimum absolute atomic E-state index is 0.0644. The molecule has 0 aliphatic heterocycles. The van der Waals surface area contributed by atoms with Crippen molar-refractivity contribution < 1.29 is 14.7 Å². The first-order chi connectivity index (χ1) is 10.6. The van der Waals surface area contributed by atoms with E-state index >= 15 is 0 Å². The third kappa shape index (κ3) is 4.01. The van der Waals surface area contributed by atoms with Gasteiger partial charge < -0.3 is 15.7 Å². The Balaban J connectivity index is 2.03. The molecule has 9 nitrogen and oxygen atoms in total. The Morgan fingerprint density at radius 1 is 1.36 bits per heavy atom. The van der Waals surface area contributed by atoms with Crippen LogP contribution in [-0.2, 0) is 11.3 Å². The fourth-order valence-electron chi connectivity index (χ4n) is 1.82. The number of hydrogen-bond acceptors (Lipinski definition) is 5. The third-order valence-corrected chi connectivity index (χ3v) is 2.83. The molecule has 0 aliphatic rings. The van der Waals surface area contributed by atoms with E-state index in [1.54, 1.807) is 22.9 Å². The number of benzene rings is 1. The molecule has 1 aromatic carbocycles. The summed E-state index contributed by atoms with van der Waals surface area (Å²) in [6, 6.07) is 6.62. The summed E-state index contributed by atoms with van der Waals surface area (Å²) >= 11 is 0. The molecule has 0 bridgehead atoms. The number of carbonyl (C=O) groups excluding carboxylic acids is 1. The summed E-state index contributed by atoms with van der Waals surface area (Å²) in [4.78, 5) is 22.0. The second-order valence-corrected chi connectivity index (χ2v) is 4.42. The molecule has 2 rings (SSSR count). The number of hydrogen-bond donors (Lipinski definition) is 3. The van der Waals surface area contributed by atoms with Crippen LogP contribution in [0.3, 0.4) is 0 Å². The van der Waals surface area contributed by atoms with Gasteiger partial charge in [-0.25, -0.2) is 9.48 Å². The molecule has 116 valence electrons. The highest BCUT2D eigenvalue weighted by molar-refractivity contribution is 5.90. The Bertz CT molecular complexity index is 669. The molecular weight excluding hydrogens is 288 g/mol. The number of carbonyl (C=O) groups is 2. The maximum Gasteiger partial charge on any atom is 0.319 e. The van der Waals surface area contributed by atoms with Crippen molar-refractivity contribution in [1.29, 1.82) is 0 Å². The molecule has 0 aliphatic carbocycles. The van der Waals surface area contributed by atoms with Gasteiger partial charge in [-0.05, 0) is 29.5 Å². The van der Waals surface area contributed by atoms with Crippen LogP contribution in [0.4, 0.5) is 10.5 Å². The monoisotopic (exact) mass is 304 g/mol. The van der Waals surface area contributed by atoms with E-state index in [1.807, 2.05) is 13.0 Å².